The van der Waals surface area contributed by atoms with Gasteiger partial charge in [0.1, 0.15) is 5.82 Å². The second kappa shape index (κ2) is 5.89. The van der Waals surface area contributed by atoms with Gasteiger partial charge in [0.25, 0.3) is 0 Å². The molecule has 0 amide bonds. The number of nitrogens with zero attached hydrogens (tertiary/aromatic N) is 1. The van der Waals surface area contributed by atoms with Crippen LogP contribution >= 0.6 is 27.7 Å². The molecule has 2 nitrogen and oxygen atoms in total. The van der Waals surface area contributed by atoms with Crippen molar-refractivity contribution in [2.24, 2.45) is 0 Å². The number of halogens is 2. The Morgan fingerprint density at radius 1 is 1.17 bits per heavy atom. The molecule has 18 heavy (non-hydrogen) atoms. The monoisotopic (exact) mass is 322 g/mol. The molecule has 0 saturated heterocycles. The number of anilines is 1. The summed E-state index contributed by atoms with van der Waals surface area (Å²) in [7, 11) is 0. The van der Waals surface area contributed by atoms with Crippen molar-refractivity contribution in [1.82, 2.24) is 0 Å². The molecule has 0 aliphatic carbocycles. The zero-order chi connectivity index (χ0) is 13.0. The van der Waals surface area contributed by atoms with Crippen LogP contribution in [0.1, 0.15) is 0 Å². The van der Waals surface area contributed by atoms with Crippen LogP contribution in [0.25, 0.3) is 0 Å². The normalized spacial score (nSPS) is 9.83. The average molecular weight is 323 g/mol. The van der Waals surface area contributed by atoms with Crippen molar-refractivity contribution in [3.05, 3.63) is 52.8 Å². The molecule has 2 rings (SSSR count). The van der Waals surface area contributed by atoms with E-state index in [0.29, 0.717) is 0 Å². The van der Waals surface area contributed by atoms with Gasteiger partial charge in [-0.15, -0.1) is 0 Å². The molecular weight excluding hydrogens is 315 g/mol. The van der Waals surface area contributed by atoms with E-state index >= 15 is 0 Å². The van der Waals surface area contributed by atoms with Crippen molar-refractivity contribution in [1.29, 1.82) is 5.26 Å². The Hall–Kier alpha value is -1.51. The zero-order valence-electron chi connectivity index (χ0n) is 9.15. The largest absolute Gasteiger partial charge is 0.292 e. The molecule has 90 valence electrons. The van der Waals surface area contributed by atoms with Crippen LogP contribution in [0, 0.1) is 17.3 Å². The summed E-state index contributed by atoms with van der Waals surface area (Å²) < 4.78 is 13.7. The van der Waals surface area contributed by atoms with Crippen molar-refractivity contribution in [3.63, 3.8) is 0 Å². The fraction of sp³-hybridized carbons (Fsp3) is 0. The lowest BCUT2D eigenvalue weighted by Crippen LogP contribution is -1.90. The number of benzene rings is 2. The maximum atomic E-state index is 12.8. The number of nitriles is 1. The van der Waals surface area contributed by atoms with Gasteiger partial charge in [-0.25, -0.2) is 4.39 Å². The van der Waals surface area contributed by atoms with E-state index in [1.807, 2.05) is 24.4 Å². The highest BCUT2D eigenvalue weighted by Crippen LogP contribution is 2.35. The zero-order valence-corrected chi connectivity index (χ0v) is 11.6. The summed E-state index contributed by atoms with van der Waals surface area (Å²) >= 11 is 4.82. The van der Waals surface area contributed by atoms with Gasteiger partial charge in [-0.3, -0.25) is 5.32 Å². The average Bonchev–Trinajstić information content (AvgIpc) is 2.36. The molecular formula is C13H8BrFN2S. The van der Waals surface area contributed by atoms with E-state index in [1.54, 1.807) is 12.1 Å². The van der Waals surface area contributed by atoms with Gasteiger partial charge in [-0.2, -0.15) is 5.26 Å². The summed E-state index contributed by atoms with van der Waals surface area (Å²) in [6.07, 6.45) is 1.90. The van der Waals surface area contributed by atoms with Crippen molar-refractivity contribution in [2.45, 2.75) is 9.79 Å². The van der Waals surface area contributed by atoms with Crippen molar-refractivity contribution >= 4 is 33.4 Å². The predicted octanol–water partition coefficient (Wildman–Crippen LogP) is 4.63. The Morgan fingerprint density at radius 3 is 2.56 bits per heavy atom. The van der Waals surface area contributed by atoms with Gasteiger partial charge in [0.15, 0.2) is 6.19 Å². The minimum absolute atomic E-state index is 0.259. The first-order valence-electron chi connectivity index (χ1n) is 5.07. The molecule has 0 fully saturated rings. The van der Waals surface area contributed by atoms with Crippen LogP contribution in [0.15, 0.2) is 56.7 Å². The summed E-state index contributed by atoms with van der Waals surface area (Å²) in [5.41, 5.74) is 0.723. The molecule has 2 aromatic rings. The van der Waals surface area contributed by atoms with Gasteiger partial charge in [0, 0.05) is 14.3 Å². The highest BCUT2D eigenvalue weighted by molar-refractivity contribution is 9.10. The minimum Gasteiger partial charge on any atom is -0.292 e. The first kappa shape index (κ1) is 12.9. The van der Waals surface area contributed by atoms with E-state index in [2.05, 4.69) is 21.2 Å². The van der Waals surface area contributed by atoms with E-state index in [4.69, 9.17) is 5.26 Å². The van der Waals surface area contributed by atoms with Gasteiger partial charge in [-0.1, -0.05) is 27.7 Å². The molecule has 0 saturated carbocycles. The summed E-state index contributed by atoms with van der Waals surface area (Å²) in [6.45, 7) is 0. The maximum absolute atomic E-state index is 12.8. The highest BCUT2D eigenvalue weighted by Gasteiger charge is 2.05. The fourth-order valence-corrected chi connectivity index (χ4v) is 2.62. The SMILES string of the molecule is N#CNc1cc(Br)ccc1Sc1ccc(F)cc1. The summed E-state index contributed by atoms with van der Waals surface area (Å²) in [5, 5.41) is 11.3. The molecule has 0 unspecified atom stereocenters. The van der Waals surface area contributed by atoms with E-state index in [-0.39, 0.29) is 5.82 Å². The van der Waals surface area contributed by atoms with Crippen molar-refractivity contribution in [2.75, 3.05) is 5.32 Å². The van der Waals surface area contributed by atoms with Crippen LogP contribution in [-0.4, -0.2) is 0 Å². The fourth-order valence-electron chi connectivity index (χ4n) is 1.38. The number of hydrogen-bond donors (Lipinski definition) is 1. The second-order valence-corrected chi connectivity index (χ2v) is 5.46. The van der Waals surface area contributed by atoms with Crippen molar-refractivity contribution in [3.8, 4) is 6.19 Å². The van der Waals surface area contributed by atoms with Crippen LogP contribution in [0.4, 0.5) is 10.1 Å². The number of rotatable bonds is 3. The number of hydrogen-bond acceptors (Lipinski definition) is 3. The summed E-state index contributed by atoms with van der Waals surface area (Å²) in [6, 6.07) is 11.9. The first-order chi connectivity index (χ1) is 8.69. The molecule has 0 bridgehead atoms. The maximum Gasteiger partial charge on any atom is 0.181 e. The van der Waals surface area contributed by atoms with Gasteiger partial charge in [0.05, 0.1) is 5.69 Å². The molecule has 0 aliphatic rings. The standard InChI is InChI=1S/C13H8BrFN2S/c14-9-1-6-13(12(7-9)17-8-16)18-11-4-2-10(15)3-5-11/h1-7,17H. The molecule has 0 radical (unpaired) electrons. The van der Waals surface area contributed by atoms with E-state index in [9.17, 15) is 4.39 Å². The van der Waals surface area contributed by atoms with Gasteiger partial charge in [-0.05, 0) is 42.5 Å². The third kappa shape index (κ3) is 3.25. The molecule has 0 spiro atoms. The van der Waals surface area contributed by atoms with Gasteiger partial charge in [0.2, 0.25) is 0 Å². The summed E-state index contributed by atoms with van der Waals surface area (Å²) in [5.74, 6) is -0.259. The highest BCUT2D eigenvalue weighted by atomic mass is 79.9. The quantitative estimate of drug-likeness (QED) is 0.661. The van der Waals surface area contributed by atoms with Gasteiger partial charge >= 0.3 is 0 Å². The first-order valence-corrected chi connectivity index (χ1v) is 6.68. The molecule has 0 atom stereocenters. The Morgan fingerprint density at radius 2 is 1.89 bits per heavy atom. The topological polar surface area (TPSA) is 35.8 Å². The molecule has 0 heterocycles. The predicted molar refractivity (Wildman–Crippen MR) is 73.9 cm³/mol. The third-order valence-electron chi connectivity index (χ3n) is 2.17. The molecule has 5 heteroatoms. The lowest BCUT2D eigenvalue weighted by molar-refractivity contribution is 0.626. The van der Waals surface area contributed by atoms with Crippen LogP contribution < -0.4 is 5.32 Å². The minimum atomic E-state index is -0.259. The Labute approximate surface area is 117 Å². The molecule has 0 aliphatic heterocycles. The Balaban J connectivity index is 2.28. The lowest BCUT2D eigenvalue weighted by atomic mass is 10.3. The van der Waals surface area contributed by atoms with Crippen molar-refractivity contribution < 1.29 is 4.39 Å². The molecule has 1 N–H and O–H groups in total. The smallest absolute Gasteiger partial charge is 0.181 e. The molecule has 2 aromatic carbocycles. The van der Waals surface area contributed by atoms with Crippen LogP contribution in [0.2, 0.25) is 0 Å². The molecule has 0 aromatic heterocycles. The van der Waals surface area contributed by atoms with Crippen LogP contribution in [0.3, 0.4) is 0 Å². The van der Waals surface area contributed by atoms with Crippen LogP contribution in [-0.2, 0) is 0 Å². The van der Waals surface area contributed by atoms with Gasteiger partial charge < -0.3 is 0 Å². The second-order valence-electron chi connectivity index (χ2n) is 3.43. The Kier molecular flexibility index (Phi) is 4.24. The van der Waals surface area contributed by atoms with E-state index in [0.717, 1.165) is 20.0 Å². The Bertz CT molecular complexity index is 593. The van der Waals surface area contributed by atoms with Crippen LogP contribution in [0.5, 0.6) is 0 Å². The lowest BCUT2D eigenvalue weighted by Gasteiger charge is -2.07. The number of nitrogens with one attached hydrogen (secondary N) is 1. The third-order valence-corrected chi connectivity index (χ3v) is 3.75. The van der Waals surface area contributed by atoms with E-state index in [1.165, 1.54) is 23.9 Å². The van der Waals surface area contributed by atoms with E-state index < -0.39 is 0 Å². The summed E-state index contributed by atoms with van der Waals surface area (Å²) in [4.78, 5) is 1.83.